The Balaban J connectivity index is 1.58. The van der Waals surface area contributed by atoms with E-state index in [1.54, 1.807) is 28.8 Å². The van der Waals surface area contributed by atoms with E-state index in [2.05, 4.69) is 17.1 Å². The number of nitrogens with zero attached hydrogens (tertiary/aromatic N) is 3. The van der Waals surface area contributed by atoms with Gasteiger partial charge in [0.25, 0.3) is 5.69 Å². The second-order valence-corrected chi connectivity index (χ2v) is 10.4. The number of morpholine rings is 1. The Morgan fingerprint density at radius 2 is 1.79 bits per heavy atom. The zero-order chi connectivity index (χ0) is 26.9. The van der Waals surface area contributed by atoms with Gasteiger partial charge in [0.05, 0.1) is 18.1 Å². The second-order valence-electron chi connectivity index (χ2n) is 9.32. The van der Waals surface area contributed by atoms with Crippen LogP contribution in [0.25, 0.3) is 0 Å². The lowest BCUT2D eigenvalue weighted by Gasteiger charge is -2.30. The molecule has 1 saturated heterocycles. The van der Waals surface area contributed by atoms with Crippen molar-refractivity contribution in [1.29, 1.82) is 0 Å². The van der Waals surface area contributed by atoms with Crippen LogP contribution in [0.5, 0.6) is 0 Å². The Labute approximate surface area is 228 Å². The number of hydrogen-bond acceptors (Lipinski definition) is 6. The lowest BCUT2D eigenvalue weighted by molar-refractivity contribution is -0.385. The molecule has 9 heteroatoms. The van der Waals surface area contributed by atoms with Crippen LogP contribution in [0.2, 0.25) is 0 Å². The van der Waals surface area contributed by atoms with Gasteiger partial charge in [-0.2, -0.15) is 0 Å². The lowest BCUT2D eigenvalue weighted by Crippen LogP contribution is -2.44. The van der Waals surface area contributed by atoms with E-state index in [9.17, 15) is 14.9 Å². The van der Waals surface area contributed by atoms with E-state index in [-0.39, 0.29) is 18.3 Å². The predicted molar refractivity (Wildman–Crippen MR) is 151 cm³/mol. The van der Waals surface area contributed by atoms with Crippen LogP contribution in [-0.4, -0.2) is 60.1 Å². The summed E-state index contributed by atoms with van der Waals surface area (Å²) < 4.78 is 5.46. The van der Waals surface area contributed by atoms with Crippen molar-refractivity contribution in [2.75, 3.05) is 44.7 Å². The number of ether oxygens (including phenoxy) is 1. The molecule has 200 valence electrons. The molecule has 38 heavy (non-hydrogen) atoms. The molecule has 0 spiro atoms. The third-order valence-corrected chi connectivity index (χ3v) is 7.68. The number of hydrogen-bond donors (Lipinski definition) is 1. The molecule has 1 N–H and O–H groups in total. The number of carbonyl (C=O) groups is 1. The van der Waals surface area contributed by atoms with Crippen molar-refractivity contribution >= 4 is 29.2 Å². The normalized spacial score (nSPS) is 13.7. The summed E-state index contributed by atoms with van der Waals surface area (Å²) in [5, 5.41) is 14.6. The molecule has 0 aromatic heterocycles. The Kier molecular flexibility index (Phi) is 9.75. The summed E-state index contributed by atoms with van der Waals surface area (Å²) in [6.07, 6.45) is 0.925. The minimum atomic E-state index is -0.392. The van der Waals surface area contributed by atoms with E-state index >= 15 is 0 Å². The first-order chi connectivity index (χ1) is 18.4. The molecule has 0 unspecified atom stereocenters. The summed E-state index contributed by atoms with van der Waals surface area (Å²) in [4.78, 5) is 30.6. The lowest BCUT2D eigenvalue weighted by atomic mass is 10.1. The molecule has 1 aliphatic rings. The number of urea groups is 1. The van der Waals surface area contributed by atoms with Crippen LogP contribution in [0.3, 0.4) is 0 Å². The van der Waals surface area contributed by atoms with Crippen LogP contribution < -0.4 is 5.32 Å². The SMILES string of the molecule is CCc1ccc(NC(=O)N(CCN2CCOCC2)Cc2cc([N+](=O)[O-])ccc2Sc2ccc(C)cc2)cc1. The molecule has 1 heterocycles. The van der Waals surface area contributed by atoms with Gasteiger partial charge in [0.1, 0.15) is 0 Å². The fourth-order valence-electron chi connectivity index (χ4n) is 4.21. The molecule has 2 amide bonds. The van der Waals surface area contributed by atoms with Crippen LogP contribution in [0.15, 0.2) is 76.5 Å². The molecular weight excluding hydrogens is 500 g/mol. The van der Waals surface area contributed by atoms with Gasteiger partial charge in [-0.3, -0.25) is 15.0 Å². The number of nitrogens with one attached hydrogen (secondary N) is 1. The maximum atomic E-state index is 13.5. The molecule has 1 fully saturated rings. The highest BCUT2D eigenvalue weighted by Crippen LogP contribution is 2.33. The highest BCUT2D eigenvalue weighted by molar-refractivity contribution is 7.99. The van der Waals surface area contributed by atoms with Gasteiger partial charge in [-0.25, -0.2) is 4.79 Å². The number of aryl methyl sites for hydroxylation is 2. The fraction of sp³-hybridized carbons (Fsp3) is 0.345. The van der Waals surface area contributed by atoms with Crippen LogP contribution in [0, 0.1) is 17.0 Å². The van der Waals surface area contributed by atoms with Crippen LogP contribution in [0.4, 0.5) is 16.2 Å². The summed E-state index contributed by atoms with van der Waals surface area (Å²) in [6.45, 7) is 8.55. The quantitative estimate of drug-likeness (QED) is 0.254. The zero-order valence-electron chi connectivity index (χ0n) is 21.9. The van der Waals surface area contributed by atoms with Gasteiger partial charge >= 0.3 is 6.03 Å². The average molecular weight is 535 g/mol. The van der Waals surface area contributed by atoms with E-state index in [0.29, 0.717) is 26.3 Å². The number of nitro benzene ring substituents is 1. The Morgan fingerprint density at radius 1 is 1.08 bits per heavy atom. The van der Waals surface area contributed by atoms with Crippen molar-refractivity contribution in [2.45, 2.75) is 36.6 Å². The maximum absolute atomic E-state index is 13.5. The Morgan fingerprint density at radius 3 is 2.45 bits per heavy atom. The van der Waals surface area contributed by atoms with Gasteiger partial charge < -0.3 is 15.0 Å². The first-order valence-corrected chi connectivity index (χ1v) is 13.7. The topological polar surface area (TPSA) is 88.0 Å². The van der Waals surface area contributed by atoms with E-state index < -0.39 is 4.92 Å². The van der Waals surface area contributed by atoms with Crippen molar-refractivity contribution < 1.29 is 14.5 Å². The predicted octanol–water partition coefficient (Wildman–Crippen LogP) is 5.98. The zero-order valence-corrected chi connectivity index (χ0v) is 22.7. The number of nitro groups is 1. The Hall–Kier alpha value is -3.40. The van der Waals surface area contributed by atoms with E-state index in [0.717, 1.165) is 46.1 Å². The number of non-ortho nitro benzene ring substituents is 1. The second kappa shape index (κ2) is 13.4. The number of amides is 2. The van der Waals surface area contributed by atoms with Crippen molar-refractivity contribution in [2.24, 2.45) is 0 Å². The summed E-state index contributed by atoms with van der Waals surface area (Å²) >= 11 is 1.54. The minimum absolute atomic E-state index is 0.0111. The molecular formula is C29H34N4O4S. The monoisotopic (exact) mass is 534 g/mol. The van der Waals surface area contributed by atoms with Crippen LogP contribution in [0.1, 0.15) is 23.6 Å². The Bertz CT molecular complexity index is 1230. The molecule has 0 radical (unpaired) electrons. The van der Waals surface area contributed by atoms with E-state index in [1.807, 2.05) is 55.5 Å². The number of rotatable bonds is 10. The van der Waals surface area contributed by atoms with E-state index in [4.69, 9.17) is 4.74 Å². The standard InChI is InChI=1S/C29H34N4O4S/c1-3-23-6-8-25(9-7-23)30-29(34)32(15-14-31-16-18-37-19-17-31)21-24-20-26(33(35)36)10-13-28(24)38-27-11-4-22(2)5-12-27/h4-13,20H,3,14-19,21H2,1-2H3,(H,30,34). The minimum Gasteiger partial charge on any atom is -0.379 e. The summed E-state index contributed by atoms with van der Waals surface area (Å²) in [7, 11) is 0. The molecule has 0 aliphatic carbocycles. The molecule has 0 saturated carbocycles. The van der Waals surface area contributed by atoms with Crippen molar-refractivity contribution in [1.82, 2.24) is 9.80 Å². The first-order valence-electron chi connectivity index (χ1n) is 12.9. The molecule has 8 nitrogen and oxygen atoms in total. The number of carbonyl (C=O) groups excluding carboxylic acids is 1. The third kappa shape index (κ3) is 7.80. The van der Waals surface area contributed by atoms with Gasteiger partial charge in [0, 0.05) is 60.3 Å². The molecule has 0 bridgehead atoms. The van der Waals surface area contributed by atoms with Gasteiger partial charge in [0.15, 0.2) is 0 Å². The van der Waals surface area contributed by atoms with Gasteiger partial charge in [-0.15, -0.1) is 0 Å². The first kappa shape index (κ1) is 27.6. The van der Waals surface area contributed by atoms with Gasteiger partial charge in [0.2, 0.25) is 0 Å². The summed E-state index contributed by atoms with van der Waals surface area (Å²) in [5.41, 5.74) is 3.83. The maximum Gasteiger partial charge on any atom is 0.322 e. The van der Waals surface area contributed by atoms with Crippen LogP contribution in [-0.2, 0) is 17.7 Å². The van der Waals surface area contributed by atoms with Gasteiger partial charge in [-0.1, -0.05) is 48.5 Å². The summed E-state index contributed by atoms with van der Waals surface area (Å²) in [6, 6.07) is 20.6. The van der Waals surface area contributed by atoms with Crippen LogP contribution >= 0.6 is 11.8 Å². The van der Waals surface area contributed by atoms with E-state index in [1.165, 1.54) is 11.6 Å². The number of anilines is 1. The molecule has 4 rings (SSSR count). The average Bonchev–Trinajstić information content (AvgIpc) is 2.93. The highest BCUT2D eigenvalue weighted by atomic mass is 32.2. The highest BCUT2D eigenvalue weighted by Gasteiger charge is 2.21. The number of benzene rings is 3. The third-order valence-electron chi connectivity index (χ3n) is 6.56. The fourth-order valence-corrected chi connectivity index (χ4v) is 5.12. The molecule has 0 atom stereocenters. The molecule has 3 aromatic carbocycles. The largest absolute Gasteiger partial charge is 0.379 e. The van der Waals surface area contributed by atoms with Crippen molar-refractivity contribution in [3.05, 3.63) is 93.5 Å². The van der Waals surface area contributed by atoms with Crippen molar-refractivity contribution in [3.63, 3.8) is 0 Å². The van der Waals surface area contributed by atoms with Crippen molar-refractivity contribution in [3.8, 4) is 0 Å². The summed E-state index contributed by atoms with van der Waals surface area (Å²) in [5.74, 6) is 0. The molecule has 1 aliphatic heterocycles. The molecule has 3 aromatic rings. The smallest absolute Gasteiger partial charge is 0.322 e. The van der Waals surface area contributed by atoms with Gasteiger partial charge in [-0.05, 0) is 54.8 Å².